The van der Waals surface area contributed by atoms with Crippen molar-refractivity contribution in [3.63, 3.8) is 0 Å². The van der Waals surface area contributed by atoms with E-state index >= 15 is 0 Å². The molecule has 0 saturated heterocycles. The summed E-state index contributed by atoms with van der Waals surface area (Å²) >= 11 is 0. The molecule has 0 aliphatic carbocycles. The van der Waals surface area contributed by atoms with Crippen molar-refractivity contribution in [1.29, 1.82) is 0 Å². The van der Waals surface area contributed by atoms with Gasteiger partial charge in [0.05, 0.1) is 0 Å². The number of hydrogen-bond donors (Lipinski definition) is 0. The van der Waals surface area contributed by atoms with E-state index in [2.05, 4.69) is 62.1 Å². The lowest BCUT2D eigenvalue weighted by atomic mass is 10.2. The molecule has 0 nitrogen and oxygen atoms in total. The van der Waals surface area contributed by atoms with E-state index < -0.39 is 0 Å². The summed E-state index contributed by atoms with van der Waals surface area (Å²) < 4.78 is 0. The topological polar surface area (TPSA) is 0 Å². The molecule has 0 radical (unpaired) electrons. The number of unbranched alkanes of at least 4 members (excludes halogenated alkanes) is 2. The molecule has 0 rings (SSSR count). The molecule has 0 saturated carbocycles. The maximum absolute atomic E-state index is 3.68. The molecule has 0 atom stereocenters. The van der Waals surface area contributed by atoms with Gasteiger partial charge in [-0.15, -0.1) is 6.58 Å². The molecule has 0 aromatic rings. The first-order valence-corrected chi connectivity index (χ1v) is 7.12. The molecule has 0 heterocycles. The van der Waals surface area contributed by atoms with Crippen LogP contribution in [0.25, 0.3) is 0 Å². The van der Waals surface area contributed by atoms with Gasteiger partial charge in [-0.3, -0.25) is 0 Å². The molecule has 100 valence electrons. The second-order valence-corrected chi connectivity index (χ2v) is 4.26. The zero-order valence-corrected chi connectivity index (χ0v) is 11.9. The van der Waals surface area contributed by atoms with Crippen LogP contribution in [0.2, 0.25) is 0 Å². The maximum Gasteiger partial charge on any atom is -0.0169 e. The summed E-state index contributed by atoms with van der Waals surface area (Å²) in [5.41, 5.74) is 0. The largest absolute Gasteiger partial charge is 0.103 e. The Kier molecular flexibility index (Phi) is 14.6. The number of hydrogen-bond acceptors (Lipinski definition) is 0. The van der Waals surface area contributed by atoms with E-state index in [1.807, 2.05) is 6.08 Å². The van der Waals surface area contributed by atoms with Crippen LogP contribution < -0.4 is 0 Å². The first-order valence-electron chi connectivity index (χ1n) is 7.12. The maximum atomic E-state index is 3.68. The lowest BCUT2D eigenvalue weighted by Crippen LogP contribution is -1.67. The molecule has 0 unspecified atom stereocenters. The predicted octanol–water partition coefficient (Wildman–Crippen LogP) is 6.15. The van der Waals surface area contributed by atoms with Crippen LogP contribution in [-0.4, -0.2) is 0 Å². The molecule has 0 aromatic heterocycles. The van der Waals surface area contributed by atoms with Gasteiger partial charge in [-0.2, -0.15) is 0 Å². The Labute approximate surface area is 113 Å². The predicted molar refractivity (Wildman–Crippen MR) is 84.8 cm³/mol. The summed E-state index contributed by atoms with van der Waals surface area (Å²) in [7, 11) is 0. The highest BCUT2D eigenvalue weighted by atomic mass is 13.8. The molecule has 18 heavy (non-hydrogen) atoms. The SMILES string of the molecule is C=CCC=CCC=CCC=CCC=CCCCC. The van der Waals surface area contributed by atoms with Crippen LogP contribution >= 0.6 is 0 Å². The summed E-state index contributed by atoms with van der Waals surface area (Å²) in [5.74, 6) is 0. The van der Waals surface area contributed by atoms with Gasteiger partial charge in [-0.05, 0) is 32.1 Å². The van der Waals surface area contributed by atoms with E-state index in [4.69, 9.17) is 0 Å². The second kappa shape index (κ2) is 15.7. The first kappa shape index (κ1) is 16.7. The Hall–Kier alpha value is -1.30. The Morgan fingerprint density at radius 1 is 0.667 bits per heavy atom. The highest BCUT2D eigenvalue weighted by Crippen LogP contribution is 1.98. The van der Waals surface area contributed by atoms with E-state index in [-0.39, 0.29) is 0 Å². The Morgan fingerprint density at radius 3 is 1.56 bits per heavy atom. The highest BCUT2D eigenvalue weighted by Gasteiger charge is 1.77. The number of allylic oxidation sites excluding steroid dienone is 9. The molecule has 0 heteroatoms. The molecule has 0 aliphatic rings. The third-order valence-electron chi connectivity index (χ3n) is 2.51. The van der Waals surface area contributed by atoms with Crippen LogP contribution in [0.1, 0.15) is 51.9 Å². The van der Waals surface area contributed by atoms with Crippen molar-refractivity contribution >= 4 is 0 Å². The lowest BCUT2D eigenvalue weighted by molar-refractivity contribution is 0.813. The molecule has 0 bridgehead atoms. The number of rotatable bonds is 11. The van der Waals surface area contributed by atoms with E-state index in [0.717, 1.165) is 25.7 Å². The summed E-state index contributed by atoms with van der Waals surface area (Å²) in [6, 6.07) is 0. The van der Waals surface area contributed by atoms with Crippen LogP contribution in [0.3, 0.4) is 0 Å². The van der Waals surface area contributed by atoms with Gasteiger partial charge in [0.25, 0.3) is 0 Å². The standard InChI is InChI=1S/C18H28/c1-3-5-7-9-11-13-15-17-18-16-14-12-10-8-6-4-2/h3,7,9-10,12-13,15-16,18H,1,4-6,8,11,14,17H2,2H3. The Morgan fingerprint density at radius 2 is 1.11 bits per heavy atom. The molecule has 0 aliphatic heterocycles. The van der Waals surface area contributed by atoms with Crippen molar-refractivity contribution < 1.29 is 0 Å². The fraction of sp³-hybridized carbons (Fsp3) is 0.444. The molecule has 0 spiro atoms. The fourth-order valence-corrected chi connectivity index (χ4v) is 1.45. The molecule has 0 amide bonds. The lowest BCUT2D eigenvalue weighted by Gasteiger charge is -1.87. The van der Waals surface area contributed by atoms with Gasteiger partial charge in [0, 0.05) is 0 Å². The smallest absolute Gasteiger partial charge is 0.0169 e. The van der Waals surface area contributed by atoms with Crippen LogP contribution in [-0.2, 0) is 0 Å². The van der Waals surface area contributed by atoms with Gasteiger partial charge in [0.15, 0.2) is 0 Å². The third kappa shape index (κ3) is 14.7. The van der Waals surface area contributed by atoms with Gasteiger partial charge in [0.2, 0.25) is 0 Å². The summed E-state index contributed by atoms with van der Waals surface area (Å²) in [6.45, 7) is 5.90. The monoisotopic (exact) mass is 244 g/mol. The zero-order chi connectivity index (χ0) is 13.3. The van der Waals surface area contributed by atoms with E-state index in [1.54, 1.807) is 0 Å². The minimum Gasteiger partial charge on any atom is -0.103 e. The zero-order valence-electron chi connectivity index (χ0n) is 11.9. The van der Waals surface area contributed by atoms with E-state index in [9.17, 15) is 0 Å². The highest BCUT2D eigenvalue weighted by molar-refractivity contribution is 5.00. The normalized spacial score (nSPS) is 12.5. The van der Waals surface area contributed by atoms with Gasteiger partial charge >= 0.3 is 0 Å². The minimum absolute atomic E-state index is 0.970. The van der Waals surface area contributed by atoms with E-state index in [1.165, 1.54) is 19.3 Å². The van der Waals surface area contributed by atoms with Crippen molar-refractivity contribution in [2.75, 3.05) is 0 Å². The van der Waals surface area contributed by atoms with Crippen LogP contribution in [0.15, 0.2) is 61.3 Å². The van der Waals surface area contributed by atoms with Crippen LogP contribution in [0.4, 0.5) is 0 Å². The van der Waals surface area contributed by atoms with Crippen LogP contribution in [0, 0.1) is 0 Å². The van der Waals surface area contributed by atoms with Gasteiger partial charge in [0.1, 0.15) is 0 Å². The summed E-state index contributed by atoms with van der Waals surface area (Å²) in [5, 5.41) is 0. The average Bonchev–Trinajstić information content (AvgIpc) is 2.39. The summed E-state index contributed by atoms with van der Waals surface area (Å²) in [4.78, 5) is 0. The fourth-order valence-electron chi connectivity index (χ4n) is 1.45. The van der Waals surface area contributed by atoms with Crippen molar-refractivity contribution in [3.05, 3.63) is 61.3 Å². The Bertz CT molecular complexity index is 276. The van der Waals surface area contributed by atoms with Gasteiger partial charge < -0.3 is 0 Å². The van der Waals surface area contributed by atoms with Crippen molar-refractivity contribution in [2.24, 2.45) is 0 Å². The third-order valence-corrected chi connectivity index (χ3v) is 2.51. The van der Waals surface area contributed by atoms with Crippen molar-refractivity contribution in [3.8, 4) is 0 Å². The van der Waals surface area contributed by atoms with Gasteiger partial charge in [-0.25, -0.2) is 0 Å². The van der Waals surface area contributed by atoms with Gasteiger partial charge in [-0.1, -0.05) is 74.4 Å². The molecule has 0 aromatic carbocycles. The molecule has 0 N–H and O–H groups in total. The van der Waals surface area contributed by atoms with Crippen LogP contribution in [0.5, 0.6) is 0 Å². The van der Waals surface area contributed by atoms with Crippen molar-refractivity contribution in [2.45, 2.75) is 51.9 Å². The average molecular weight is 244 g/mol. The second-order valence-electron chi connectivity index (χ2n) is 4.26. The van der Waals surface area contributed by atoms with E-state index in [0.29, 0.717) is 0 Å². The molecule has 0 fully saturated rings. The summed E-state index contributed by atoms with van der Waals surface area (Å²) in [6.07, 6.45) is 27.6. The van der Waals surface area contributed by atoms with Crippen molar-refractivity contribution in [1.82, 2.24) is 0 Å². The first-order chi connectivity index (χ1) is 8.91. The quantitative estimate of drug-likeness (QED) is 0.302. The molecular formula is C18H28. The molecular weight excluding hydrogens is 216 g/mol. The Balaban J connectivity index is 3.39. The minimum atomic E-state index is 0.970.